The van der Waals surface area contributed by atoms with Crippen molar-refractivity contribution in [1.29, 1.82) is 0 Å². The van der Waals surface area contributed by atoms with Gasteiger partial charge in [0.05, 0.1) is 7.11 Å². The van der Waals surface area contributed by atoms with Crippen LogP contribution in [0.15, 0.2) is 46.4 Å². The Morgan fingerprint density at radius 2 is 1.85 bits per heavy atom. The molecule has 2 N–H and O–H groups in total. The van der Waals surface area contributed by atoms with Gasteiger partial charge in [0, 0.05) is 21.5 Å². The lowest BCUT2D eigenvalue weighted by molar-refractivity contribution is -0.123. The molecule has 5 nitrogen and oxygen atoms in total. The summed E-state index contributed by atoms with van der Waals surface area (Å²) in [7, 11) is 1.56. The predicted molar refractivity (Wildman–Crippen MR) is 112 cm³/mol. The molecule has 0 atom stereocenters. The number of benzene rings is 2. The van der Waals surface area contributed by atoms with Gasteiger partial charge in [0.2, 0.25) is 0 Å². The maximum Gasteiger partial charge on any atom is 0.263 e. The Labute approximate surface area is 174 Å². The number of nitrogens with one attached hydrogen (secondary N) is 2. The minimum atomic E-state index is -0.543. The van der Waals surface area contributed by atoms with E-state index in [0.29, 0.717) is 22.8 Å². The molecule has 3 rings (SSSR count). The minimum Gasteiger partial charge on any atom is -0.496 e. The van der Waals surface area contributed by atoms with E-state index in [-0.39, 0.29) is 10.7 Å². The lowest BCUT2D eigenvalue weighted by Gasteiger charge is -2.17. The van der Waals surface area contributed by atoms with Crippen LogP contribution in [0.25, 0.3) is 6.08 Å². The summed E-state index contributed by atoms with van der Waals surface area (Å²) in [6.45, 7) is 0. The highest BCUT2D eigenvalue weighted by atomic mass is 79.9. The average Bonchev–Trinajstić information content (AvgIpc) is 2.61. The van der Waals surface area contributed by atoms with Crippen molar-refractivity contribution in [2.75, 3.05) is 7.11 Å². The van der Waals surface area contributed by atoms with Gasteiger partial charge < -0.3 is 4.74 Å². The van der Waals surface area contributed by atoms with Crippen molar-refractivity contribution < 1.29 is 14.3 Å². The molecule has 0 unspecified atom stereocenters. The zero-order chi connectivity index (χ0) is 19.6. The Kier molecular flexibility index (Phi) is 5.94. The first-order valence-electron chi connectivity index (χ1n) is 7.87. The normalized spacial score (nSPS) is 13.9. The molecule has 1 heterocycles. The van der Waals surface area contributed by atoms with E-state index in [1.807, 2.05) is 30.3 Å². The number of ether oxygens (including phenoxy) is 1. The molecule has 2 aromatic rings. The molecule has 0 radical (unpaired) electrons. The Bertz CT molecular complexity index is 969. The highest BCUT2D eigenvalue weighted by Gasteiger charge is 2.26. The van der Waals surface area contributed by atoms with Crippen molar-refractivity contribution in [2.24, 2.45) is 0 Å². The number of methoxy groups -OCH3 is 1. The molecule has 0 spiro atoms. The maximum atomic E-state index is 12.0. The fourth-order valence-electron chi connectivity index (χ4n) is 2.67. The summed E-state index contributed by atoms with van der Waals surface area (Å²) >= 11 is 14.6. The van der Waals surface area contributed by atoms with E-state index in [4.69, 9.17) is 28.6 Å². The topological polar surface area (TPSA) is 67.4 Å². The Hall–Kier alpha value is -2.22. The van der Waals surface area contributed by atoms with Gasteiger partial charge in [-0.05, 0) is 47.6 Å². The number of rotatable bonds is 4. The SMILES string of the molecule is COc1cc(C=C2C(=O)NC(=S)NC2=O)cc(Br)c1Cc1ccccc1Cl. The lowest BCUT2D eigenvalue weighted by atomic mass is 10.0. The third-order valence-corrected chi connectivity index (χ3v) is 5.26. The number of thiocarbonyl (C=S) groups is 1. The summed E-state index contributed by atoms with van der Waals surface area (Å²) in [5.74, 6) is -0.471. The van der Waals surface area contributed by atoms with E-state index >= 15 is 0 Å². The van der Waals surface area contributed by atoms with Crippen molar-refractivity contribution in [3.63, 3.8) is 0 Å². The molecule has 1 fully saturated rings. The van der Waals surface area contributed by atoms with E-state index in [1.165, 1.54) is 6.08 Å². The minimum absolute atomic E-state index is 0.00370. The second-order valence-corrected chi connectivity index (χ2v) is 7.42. The number of amides is 2. The van der Waals surface area contributed by atoms with Gasteiger partial charge >= 0.3 is 0 Å². The van der Waals surface area contributed by atoms with E-state index < -0.39 is 11.8 Å². The summed E-state index contributed by atoms with van der Waals surface area (Å²) in [5, 5.41) is 5.48. The third-order valence-electron chi connectivity index (χ3n) is 3.98. The van der Waals surface area contributed by atoms with Crippen LogP contribution in [-0.4, -0.2) is 24.0 Å². The Morgan fingerprint density at radius 1 is 1.19 bits per heavy atom. The molecule has 0 bridgehead atoms. The molecule has 2 amide bonds. The van der Waals surface area contributed by atoms with Crippen LogP contribution in [0.5, 0.6) is 5.75 Å². The molecule has 8 heteroatoms. The zero-order valence-corrected chi connectivity index (χ0v) is 17.3. The van der Waals surface area contributed by atoms with Crippen molar-refractivity contribution in [3.8, 4) is 5.75 Å². The van der Waals surface area contributed by atoms with Gasteiger partial charge in [-0.25, -0.2) is 0 Å². The van der Waals surface area contributed by atoms with Crippen LogP contribution in [0, 0.1) is 0 Å². The fourth-order valence-corrected chi connectivity index (χ4v) is 3.66. The summed E-state index contributed by atoms with van der Waals surface area (Å²) in [6, 6.07) is 11.2. The van der Waals surface area contributed by atoms with E-state index in [1.54, 1.807) is 13.2 Å². The molecule has 0 aliphatic carbocycles. The lowest BCUT2D eigenvalue weighted by Crippen LogP contribution is -2.51. The number of carbonyl (C=O) groups excluding carboxylic acids is 2. The molecule has 0 saturated carbocycles. The molecule has 1 saturated heterocycles. The molecule has 0 aromatic heterocycles. The molecular formula is C19H14BrClN2O3S. The van der Waals surface area contributed by atoms with E-state index in [2.05, 4.69) is 26.6 Å². The molecular weight excluding hydrogens is 452 g/mol. The van der Waals surface area contributed by atoms with Crippen molar-refractivity contribution in [1.82, 2.24) is 10.6 Å². The molecule has 1 aliphatic rings. The first kappa shape index (κ1) is 19.5. The van der Waals surface area contributed by atoms with Gasteiger partial charge in [0.25, 0.3) is 11.8 Å². The summed E-state index contributed by atoms with van der Waals surface area (Å²) in [6.07, 6.45) is 2.05. The Balaban J connectivity index is 1.98. The molecule has 27 heavy (non-hydrogen) atoms. The molecule has 138 valence electrons. The van der Waals surface area contributed by atoms with Gasteiger partial charge in [-0.15, -0.1) is 0 Å². The van der Waals surface area contributed by atoms with Crippen LogP contribution >= 0.6 is 39.7 Å². The number of halogens is 2. The molecule has 2 aromatic carbocycles. The predicted octanol–water partition coefficient (Wildman–Crippen LogP) is 3.62. The quantitative estimate of drug-likeness (QED) is 0.411. The van der Waals surface area contributed by atoms with Crippen LogP contribution in [0.1, 0.15) is 16.7 Å². The van der Waals surface area contributed by atoms with Crippen LogP contribution < -0.4 is 15.4 Å². The van der Waals surface area contributed by atoms with Crippen LogP contribution in [0.2, 0.25) is 5.02 Å². The van der Waals surface area contributed by atoms with E-state index in [9.17, 15) is 9.59 Å². The van der Waals surface area contributed by atoms with Crippen LogP contribution in [0.4, 0.5) is 0 Å². The second-order valence-electron chi connectivity index (χ2n) is 5.75. The standard InChI is InChI=1S/C19H14BrClN2O3S/c1-26-16-8-10(6-13-17(24)22-19(27)23-18(13)25)7-14(20)12(16)9-11-4-2-3-5-15(11)21/h2-8H,9H2,1H3,(H2,22,23,24,25,27). The van der Waals surface area contributed by atoms with Gasteiger partial charge in [0.15, 0.2) is 5.11 Å². The van der Waals surface area contributed by atoms with Crippen molar-refractivity contribution in [2.45, 2.75) is 6.42 Å². The zero-order valence-electron chi connectivity index (χ0n) is 14.1. The monoisotopic (exact) mass is 464 g/mol. The van der Waals surface area contributed by atoms with Gasteiger partial charge in [0.1, 0.15) is 11.3 Å². The highest BCUT2D eigenvalue weighted by Crippen LogP contribution is 2.33. The Morgan fingerprint density at radius 3 is 2.48 bits per heavy atom. The number of hydrogen-bond acceptors (Lipinski definition) is 4. The van der Waals surface area contributed by atoms with E-state index in [0.717, 1.165) is 15.6 Å². The smallest absolute Gasteiger partial charge is 0.263 e. The van der Waals surface area contributed by atoms with Gasteiger partial charge in [-0.3, -0.25) is 20.2 Å². The van der Waals surface area contributed by atoms with Crippen LogP contribution in [0.3, 0.4) is 0 Å². The van der Waals surface area contributed by atoms with Crippen LogP contribution in [-0.2, 0) is 16.0 Å². The average molecular weight is 466 g/mol. The second kappa shape index (κ2) is 8.21. The number of carbonyl (C=O) groups is 2. The highest BCUT2D eigenvalue weighted by molar-refractivity contribution is 9.10. The summed E-state index contributed by atoms with van der Waals surface area (Å²) < 4.78 is 6.29. The largest absolute Gasteiger partial charge is 0.496 e. The summed E-state index contributed by atoms with van der Waals surface area (Å²) in [4.78, 5) is 24.0. The van der Waals surface area contributed by atoms with Gasteiger partial charge in [-0.2, -0.15) is 0 Å². The fraction of sp³-hybridized carbons (Fsp3) is 0.105. The molecule has 1 aliphatic heterocycles. The van der Waals surface area contributed by atoms with Gasteiger partial charge in [-0.1, -0.05) is 45.7 Å². The van der Waals surface area contributed by atoms with Crippen molar-refractivity contribution in [3.05, 3.63) is 68.2 Å². The first-order valence-corrected chi connectivity index (χ1v) is 9.45. The van der Waals surface area contributed by atoms with Crippen molar-refractivity contribution >= 4 is 62.8 Å². The number of hydrogen-bond donors (Lipinski definition) is 2. The maximum absolute atomic E-state index is 12.0. The third kappa shape index (κ3) is 4.37. The summed E-state index contributed by atoms with van der Waals surface area (Å²) in [5.41, 5.74) is 2.47. The first-order chi connectivity index (χ1) is 12.9.